The van der Waals surface area contributed by atoms with Gasteiger partial charge >= 0.3 is 0 Å². The van der Waals surface area contributed by atoms with Crippen LogP contribution in [0.2, 0.25) is 0 Å². The molecule has 148 valence electrons. The van der Waals surface area contributed by atoms with E-state index in [-0.39, 0.29) is 16.6 Å². The van der Waals surface area contributed by atoms with Crippen LogP contribution in [-0.4, -0.2) is 16.8 Å². The van der Waals surface area contributed by atoms with Crippen LogP contribution < -0.4 is 0 Å². The van der Waals surface area contributed by atoms with Crippen molar-refractivity contribution in [1.82, 2.24) is 10.2 Å². The lowest BCUT2D eigenvalue weighted by Gasteiger charge is -2.37. The van der Waals surface area contributed by atoms with Crippen molar-refractivity contribution < 1.29 is 9.13 Å². The maximum atomic E-state index is 14.3. The number of rotatable bonds is 5. The summed E-state index contributed by atoms with van der Waals surface area (Å²) in [5.74, 6) is 0.143. The first-order chi connectivity index (χ1) is 14.0. The van der Waals surface area contributed by atoms with E-state index in [1.165, 1.54) is 17.2 Å². The molecule has 2 aliphatic rings. The number of hydrogen-bond donors (Lipinski definition) is 0. The zero-order valence-corrected chi connectivity index (χ0v) is 16.9. The van der Waals surface area contributed by atoms with Crippen molar-refractivity contribution in [3.8, 4) is 11.3 Å². The molecule has 1 fully saturated rings. The average Bonchev–Trinajstić information content (AvgIpc) is 3.09. The summed E-state index contributed by atoms with van der Waals surface area (Å²) in [6.45, 7) is 5.87. The van der Waals surface area contributed by atoms with Crippen molar-refractivity contribution in [3.05, 3.63) is 83.3 Å². The first kappa shape index (κ1) is 18.4. The van der Waals surface area contributed by atoms with E-state index in [2.05, 4.69) is 42.2 Å². The fourth-order valence-corrected chi connectivity index (χ4v) is 5.46. The van der Waals surface area contributed by atoms with E-state index in [9.17, 15) is 4.39 Å². The van der Waals surface area contributed by atoms with Gasteiger partial charge in [-0.1, -0.05) is 56.3 Å². The lowest BCUT2D eigenvalue weighted by Crippen LogP contribution is -2.40. The van der Waals surface area contributed by atoms with Crippen LogP contribution in [0.25, 0.3) is 11.3 Å². The molecule has 0 radical (unpaired) electrons. The van der Waals surface area contributed by atoms with Gasteiger partial charge in [0.1, 0.15) is 5.82 Å². The van der Waals surface area contributed by atoms with E-state index in [0.717, 1.165) is 18.5 Å². The number of hydrogen-bond acceptors (Lipinski definition) is 3. The molecule has 1 heterocycles. The first-order valence-electron chi connectivity index (χ1n) is 10.3. The molecule has 1 aromatic heterocycles. The first-order valence-corrected chi connectivity index (χ1v) is 10.3. The van der Waals surface area contributed by atoms with Gasteiger partial charge in [-0.25, -0.2) is 4.39 Å². The van der Waals surface area contributed by atoms with E-state index in [0.29, 0.717) is 30.4 Å². The van der Waals surface area contributed by atoms with E-state index >= 15 is 0 Å². The highest BCUT2D eigenvalue weighted by Gasteiger charge is 2.63. The summed E-state index contributed by atoms with van der Waals surface area (Å²) in [7, 11) is 0. The van der Waals surface area contributed by atoms with Crippen LogP contribution in [0.15, 0.2) is 60.7 Å². The monoisotopic (exact) mass is 388 g/mol. The van der Waals surface area contributed by atoms with Gasteiger partial charge in [-0.05, 0) is 53.5 Å². The molecule has 2 atom stereocenters. The Kier molecular flexibility index (Phi) is 4.28. The lowest BCUT2D eigenvalue weighted by molar-refractivity contribution is 0.0309. The standard InChI is InChI=1S/C25H25FN2O/c1-24(2)20-12-13-25(24,16-29-15-17-8-4-3-5-9-17)23-19(20)14-22(27-28-23)18-10-6-7-11-21(18)26/h3-11,14,20H,12-13,15-16H2,1-2H3. The Morgan fingerprint density at radius 2 is 1.79 bits per heavy atom. The van der Waals surface area contributed by atoms with Crippen LogP contribution in [-0.2, 0) is 16.8 Å². The number of fused-ring (bicyclic) bond motifs is 5. The molecule has 0 N–H and O–H groups in total. The summed E-state index contributed by atoms with van der Waals surface area (Å²) in [4.78, 5) is 0. The molecule has 4 heteroatoms. The van der Waals surface area contributed by atoms with Crippen molar-refractivity contribution in [3.63, 3.8) is 0 Å². The minimum atomic E-state index is -0.259. The van der Waals surface area contributed by atoms with Gasteiger partial charge in [0.2, 0.25) is 0 Å². The smallest absolute Gasteiger partial charge is 0.132 e. The topological polar surface area (TPSA) is 35.0 Å². The van der Waals surface area contributed by atoms with Crippen LogP contribution >= 0.6 is 0 Å². The summed E-state index contributed by atoms with van der Waals surface area (Å²) in [6.07, 6.45) is 2.16. The Balaban J connectivity index is 1.48. The molecular weight excluding hydrogens is 363 g/mol. The fraction of sp³-hybridized carbons (Fsp3) is 0.360. The van der Waals surface area contributed by atoms with Crippen LogP contribution in [0.4, 0.5) is 4.39 Å². The molecule has 2 bridgehead atoms. The van der Waals surface area contributed by atoms with Gasteiger partial charge in [0.25, 0.3) is 0 Å². The minimum Gasteiger partial charge on any atom is -0.376 e. The molecule has 0 spiro atoms. The second-order valence-corrected chi connectivity index (χ2v) is 8.89. The van der Waals surface area contributed by atoms with Crippen LogP contribution in [0, 0.1) is 11.2 Å². The Bertz CT molecular complexity index is 1050. The fourth-order valence-electron chi connectivity index (χ4n) is 5.46. The van der Waals surface area contributed by atoms with E-state index < -0.39 is 0 Å². The van der Waals surface area contributed by atoms with Crippen LogP contribution in [0.3, 0.4) is 0 Å². The highest BCUT2D eigenvalue weighted by molar-refractivity contribution is 5.62. The third-order valence-electron chi connectivity index (χ3n) is 7.23. The molecule has 29 heavy (non-hydrogen) atoms. The van der Waals surface area contributed by atoms with Crippen LogP contribution in [0.1, 0.15) is 49.4 Å². The SMILES string of the molecule is CC1(C)C2CCC1(COCc1ccccc1)c1nnc(-c3ccccc3F)cc12. The predicted octanol–water partition coefficient (Wildman–Crippen LogP) is 5.65. The molecule has 5 rings (SSSR count). The molecule has 0 amide bonds. The lowest BCUT2D eigenvalue weighted by atomic mass is 9.69. The molecular formula is C25H25FN2O. The maximum absolute atomic E-state index is 14.3. The quantitative estimate of drug-likeness (QED) is 0.566. The number of ether oxygens (including phenoxy) is 1. The highest BCUT2D eigenvalue weighted by atomic mass is 19.1. The molecule has 2 aromatic carbocycles. The Morgan fingerprint density at radius 1 is 1.03 bits per heavy atom. The number of benzene rings is 2. The minimum absolute atomic E-state index is 0.0363. The van der Waals surface area contributed by atoms with Gasteiger partial charge in [-0.2, -0.15) is 10.2 Å². The molecule has 0 aliphatic heterocycles. The summed E-state index contributed by atoms with van der Waals surface area (Å²) < 4.78 is 20.5. The summed E-state index contributed by atoms with van der Waals surface area (Å²) in [5, 5.41) is 9.09. The normalized spacial score (nSPS) is 23.9. The van der Waals surface area contributed by atoms with Gasteiger partial charge < -0.3 is 4.74 Å². The van der Waals surface area contributed by atoms with E-state index in [1.54, 1.807) is 12.1 Å². The van der Waals surface area contributed by atoms with Crippen molar-refractivity contribution in [2.75, 3.05) is 6.61 Å². The summed E-state index contributed by atoms with van der Waals surface area (Å²) >= 11 is 0. The summed E-state index contributed by atoms with van der Waals surface area (Å²) in [6, 6.07) is 19.1. The second-order valence-electron chi connectivity index (χ2n) is 8.89. The van der Waals surface area contributed by atoms with E-state index in [4.69, 9.17) is 4.74 Å². The number of halogens is 1. The zero-order chi connectivity index (χ0) is 20.1. The maximum Gasteiger partial charge on any atom is 0.132 e. The largest absolute Gasteiger partial charge is 0.376 e. The van der Waals surface area contributed by atoms with Crippen molar-refractivity contribution in [2.24, 2.45) is 5.41 Å². The van der Waals surface area contributed by atoms with Gasteiger partial charge in [-0.15, -0.1) is 0 Å². The third-order valence-corrected chi connectivity index (χ3v) is 7.23. The average molecular weight is 388 g/mol. The zero-order valence-electron chi connectivity index (χ0n) is 16.9. The Morgan fingerprint density at radius 3 is 2.59 bits per heavy atom. The molecule has 3 nitrogen and oxygen atoms in total. The molecule has 0 saturated heterocycles. The Labute approximate surface area is 171 Å². The predicted molar refractivity (Wildman–Crippen MR) is 111 cm³/mol. The number of nitrogens with zero attached hydrogens (tertiary/aromatic N) is 2. The summed E-state index contributed by atoms with van der Waals surface area (Å²) in [5.41, 5.74) is 4.47. The van der Waals surface area contributed by atoms with Crippen molar-refractivity contribution >= 4 is 0 Å². The molecule has 2 aliphatic carbocycles. The van der Waals surface area contributed by atoms with Gasteiger partial charge in [-0.3, -0.25) is 0 Å². The second kappa shape index (κ2) is 6.74. The molecule has 3 aromatic rings. The highest BCUT2D eigenvalue weighted by Crippen LogP contribution is 2.67. The van der Waals surface area contributed by atoms with E-state index in [1.807, 2.05) is 24.3 Å². The van der Waals surface area contributed by atoms with Crippen LogP contribution in [0.5, 0.6) is 0 Å². The number of aromatic nitrogens is 2. The van der Waals surface area contributed by atoms with Gasteiger partial charge in [0, 0.05) is 11.0 Å². The molecule has 1 saturated carbocycles. The van der Waals surface area contributed by atoms with Crippen molar-refractivity contribution in [2.45, 2.75) is 44.6 Å². The third kappa shape index (κ3) is 2.73. The van der Waals surface area contributed by atoms with Crippen molar-refractivity contribution in [1.29, 1.82) is 0 Å². The van der Waals surface area contributed by atoms with Gasteiger partial charge in [0.15, 0.2) is 0 Å². The molecule has 2 unspecified atom stereocenters. The van der Waals surface area contributed by atoms with Gasteiger partial charge in [0.05, 0.1) is 24.6 Å². The Hall–Kier alpha value is -2.59.